The molecule has 1 saturated carbocycles. The SMILES string of the molecule is COC1CCCC(CN)(NCCCCO)C1. The molecule has 1 fully saturated rings. The molecule has 2 unspecified atom stereocenters. The van der Waals surface area contributed by atoms with E-state index in [9.17, 15) is 0 Å². The highest BCUT2D eigenvalue weighted by Gasteiger charge is 2.34. The van der Waals surface area contributed by atoms with Gasteiger partial charge in [0.1, 0.15) is 0 Å². The molecule has 0 bridgehead atoms. The van der Waals surface area contributed by atoms with Crippen molar-refractivity contribution in [2.24, 2.45) is 5.73 Å². The summed E-state index contributed by atoms with van der Waals surface area (Å²) in [4.78, 5) is 0. The lowest BCUT2D eigenvalue weighted by Crippen LogP contribution is -2.55. The molecule has 4 heteroatoms. The molecule has 16 heavy (non-hydrogen) atoms. The molecule has 4 nitrogen and oxygen atoms in total. The Morgan fingerprint density at radius 2 is 2.31 bits per heavy atom. The first kappa shape index (κ1) is 13.9. The maximum Gasteiger partial charge on any atom is 0.0589 e. The van der Waals surface area contributed by atoms with E-state index in [1.165, 1.54) is 6.42 Å². The van der Waals surface area contributed by atoms with Crippen molar-refractivity contribution in [3.63, 3.8) is 0 Å². The van der Waals surface area contributed by atoms with Gasteiger partial charge < -0.3 is 20.9 Å². The highest BCUT2D eigenvalue weighted by atomic mass is 16.5. The van der Waals surface area contributed by atoms with Crippen LogP contribution in [0, 0.1) is 0 Å². The molecule has 1 aliphatic carbocycles. The number of aliphatic hydroxyl groups is 1. The number of hydrogen-bond acceptors (Lipinski definition) is 4. The van der Waals surface area contributed by atoms with Crippen LogP contribution in [-0.2, 0) is 4.74 Å². The molecule has 0 spiro atoms. The van der Waals surface area contributed by atoms with E-state index in [0.29, 0.717) is 12.6 Å². The molecule has 0 heterocycles. The average molecular weight is 230 g/mol. The molecule has 2 atom stereocenters. The topological polar surface area (TPSA) is 67.5 Å². The van der Waals surface area contributed by atoms with Crippen LogP contribution >= 0.6 is 0 Å². The highest BCUT2D eigenvalue weighted by molar-refractivity contribution is 4.95. The fraction of sp³-hybridized carbons (Fsp3) is 1.00. The fourth-order valence-electron chi connectivity index (χ4n) is 2.52. The van der Waals surface area contributed by atoms with Gasteiger partial charge in [-0.3, -0.25) is 0 Å². The van der Waals surface area contributed by atoms with E-state index in [1.54, 1.807) is 7.11 Å². The van der Waals surface area contributed by atoms with Gasteiger partial charge in [-0.1, -0.05) is 0 Å². The molecule has 0 aliphatic heterocycles. The standard InChI is InChI=1S/C12H26N2O2/c1-16-11-5-4-6-12(9-11,10-13)14-7-2-3-8-15/h11,14-15H,2-10,13H2,1H3. The number of nitrogens with one attached hydrogen (secondary N) is 1. The van der Waals surface area contributed by atoms with E-state index < -0.39 is 0 Å². The first-order valence-electron chi connectivity index (χ1n) is 6.35. The van der Waals surface area contributed by atoms with Gasteiger partial charge >= 0.3 is 0 Å². The summed E-state index contributed by atoms with van der Waals surface area (Å²) in [5.41, 5.74) is 5.97. The molecule has 96 valence electrons. The fourth-order valence-corrected chi connectivity index (χ4v) is 2.52. The van der Waals surface area contributed by atoms with Crippen LogP contribution in [0.2, 0.25) is 0 Å². The van der Waals surface area contributed by atoms with Crippen LogP contribution in [0.1, 0.15) is 38.5 Å². The second kappa shape index (κ2) is 7.22. The largest absolute Gasteiger partial charge is 0.396 e. The van der Waals surface area contributed by atoms with Crippen molar-refractivity contribution in [2.75, 3.05) is 26.8 Å². The van der Waals surface area contributed by atoms with E-state index in [-0.39, 0.29) is 12.1 Å². The van der Waals surface area contributed by atoms with Gasteiger partial charge in [-0.25, -0.2) is 0 Å². The second-order valence-electron chi connectivity index (χ2n) is 4.80. The molecule has 0 aromatic carbocycles. The molecular formula is C12H26N2O2. The molecule has 0 amide bonds. The molecule has 1 aliphatic rings. The van der Waals surface area contributed by atoms with Gasteiger partial charge in [0.25, 0.3) is 0 Å². The number of ether oxygens (including phenoxy) is 1. The number of nitrogens with two attached hydrogens (primary N) is 1. The van der Waals surface area contributed by atoms with Crippen molar-refractivity contribution < 1.29 is 9.84 Å². The Bertz CT molecular complexity index is 190. The molecule has 1 rings (SSSR count). The zero-order chi connectivity index (χ0) is 11.9. The maximum absolute atomic E-state index is 8.73. The van der Waals surface area contributed by atoms with Crippen molar-refractivity contribution in [1.82, 2.24) is 5.32 Å². The molecule has 4 N–H and O–H groups in total. The summed E-state index contributed by atoms with van der Waals surface area (Å²) >= 11 is 0. The van der Waals surface area contributed by atoms with Crippen molar-refractivity contribution >= 4 is 0 Å². The van der Waals surface area contributed by atoms with E-state index in [2.05, 4.69) is 5.32 Å². The van der Waals surface area contributed by atoms with Gasteiger partial charge in [0, 0.05) is 25.8 Å². The van der Waals surface area contributed by atoms with Gasteiger partial charge in [0.15, 0.2) is 0 Å². The van der Waals surface area contributed by atoms with Gasteiger partial charge in [-0.15, -0.1) is 0 Å². The summed E-state index contributed by atoms with van der Waals surface area (Å²) in [6, 6.07) is 0. The normalized spacial score (nSPS) is 30.6. The zero-order valence-corrected chi connectivity index (χ0v) is 10.4. The lowest BCUT2D eigenvalue weighted by Gasteiger charge is -2.40. The predicted octanol–water partition coefficient (Wildman–Crippen LogP) is 0.635. The number of methoxy groups -OCH3 is 1. The van der Waals surface area contributed by atoms with Crippen LogP contribution in [0.3, 0.4) is 0 Å². The first-order chi connectivity index (χ1) is 7.76. The smallest absolute Gasteiger partial charge is 0.0589 e. The van der Waals surface area contributed by atoms with Gasteiger partial charge in [-0.2, -0.15) is 0 Å². The number of hydrogen-bond donors (Lipinski definition) is 3. The molecule has 0 aromatic rings. The molecule has 0 aromatic heterocycles. The van der Waals surface area contributed by atoms with Crippen molar-refractivity contribution in [3.8, 4) is 0 Å². The third-order valence-electron chi connectivity index (χ3n) is 3.61. The van der Waals surface area contributed by atoms with E-state index in [1.807, 2.05) is 0 Å². The first-order valence-corrected chi connectivity index (χ1v) is 6.35. The van der Waals surface area contributed by atoms with Crippen molar-refractivity contribution in [2.45, 2.75) is 50.2 Å². The Morgan fingerprint density at radius 1 is 1.50 bits per heavy atom. The summed E-state index contributed by atoms with van der Waals surface area (Å²) in [5, 5.41) is 12.3. The zero-order valence-electron chi connectivity index (χ0n) is 10.4. The molecule has 0 radical (unpaired) electrons. The van der Waals surface area contributed by atoms with Crippen LogP contribution in [0.25, 0.3) is 0 Å². The van der Waals surface area contributed by atoms with Gasteiger partial charge in [0.05, 0.1) is 6.10 Å². The lowest BCUT2D eigenvalue weighted by atomic mass is 9.80. The van der Waals surface area contributed by atoms with Crippen LogP contribution in [0.4, 0.5) is 0 Å². The van der Waals surface area contributed by atoms with E-state index in [0.717, 1.165) is 38.6 Å². The van der Waals surface area contributed by atoms with E-state index in [4.69, 9.17) is 15.6 Å². The molecular weight excluding hydrogens is 204 g/mol. The van der Waals surface area contributed by atoms with Crippen LogP contribution in [0.15, 0.2) is 0 Å². The second-order valence-corrected chi connectivity index (χ2v) is 4.80. The van der Waals surface area contributed by atoms with Crippen molar-refractivity contribution in [3.05, 3.63) is 0 Å². The highest BCUT2D eigenvalue weighted by Crippen LogP contribution is 2.29. The van der Waals surface area contributed by atoms with Crippen LogP contribution < -0.4 is 11.1 Å². The maximum atomic E-state index is 8.73. The summed E-state index contributed by atoms with van der Waals surface area (Å²) in [7, 11) is 1.78. The number of rotatable bonds is 7. The lowest BCUT2D eigenvalue weighted by molar-refractivity contribution is 0.0328. The van der Waals surface area contributed by atoms with Gasteiger partial charge in [0.2, 0.25) is 0 Å². The minimum absolute atomic E-state index is 0.0639. The third-order valence-corrected chi connectivity index (χ3v) is 3.61. The summed E-state index contributed by atoms with van der Waals surface area (Å²) in [6.45, 7) is 1.89. The minimum Gasteiger partial charge on any atom is -0.396 e. The Kier molecular flexibility index (Phi) is 6.28. The minimum atomic E-state index is 0.0639. The number of unbranched alkanes of at least 4 members (excludes halogenated alkanes) is 1. The Labute approximate surface area is 98.5 Å². The molecule has 0 saturated heterocycles. The summed E-state index contributed by atoms with van der Waals surface area (Å²) in [5.74, 6) is 0. The Hall–Kier alpha value is -0.160. The van der Waals surface area contributed by atoms with Crippen LogP contribution in [0.5, 0.6) is 0 Å². The Balaban J connectivity index is 2.36. The van der Waals surface area contributed by atoms with Crippen LogP contribution in [-0.4, -0.2) is 43.6 Å². The third kappa shape index (κ3) is 4.01. The van der Waals surface area contributed by atoms with Crippen molar-refractivity contribution in [1.29, 1.82) is 0 Å². The summed E-state index contributed by atoms with van der Waals surface area (Å²) < 4.78 is 5.44. The van der Waals surface area contributed by atoms with Gasteiger partial charge in [-0.05, 0) is 45.1 Å². The average Bonchev–Trinajstić information content (AvgIpc) is 2.35. The number of aliphatic hydroxyl groups excluding tert-OH is 1. The van der Waals surface area contributed by atoms with E-state index >= 15 is 0 Å². The Morgan fingerprint density at radius 3 is 2.94 bits per heavy atom. The predicted molar refractivity (Wildman–Crippen MR) is 65.4 cm³/mol. The monoisotopic (exact) mass is 230 g/mol. The summed E-state index contributed by atoms with van der Waals surface area (Å²) in [6.07, 6.45) is 6.71. The quantitative estimate of drug-likeness (QED) is 0.561.